The van der Waals surface area contributed by atoms with Crippen molar-refractivity contribution in [3.63, 3.8) is 0 Å². The first-order valence-corrected chi connectivity index (χ1v) is 4.21. The van der Waals surface area contributed by atoms with Gasteiger partial charge in [0.05, 0.1) is 6.42 Å². The summed E-state index contributed by atoms with van der Waals surface area (Å²) in [6.45, 7) is 0. The van der Waals surface area contributed by atoms with Gasteiger partial charge in [0.25, 0.3) is 0 Å². The molecule has 0 amide bonds. The van der Waals surface area contributed by atoms with Gasteiger partial charge in [0.15, 0.2) is 0 Å². The summed E-state index contributed by atoms with van der Waals surface area (Å²) in [5.41, 5.74) is 6.30. The molecule has 1 atom stereocenters. The van der Waals surface area contributed by atoms with Crippen LogP contribution in [0.2, 0.25) is 5.02 Å². The largest absolute Gasteiger partial charge is 0.481 e. The van der Waals surface area contributed by atoms with E-state index in [2.05, 4.69) is 0 Å². The zero-order valence-electron chi connectivity index (χ0n) is 6.90. The smallest absolute Gasteiger partial charge is 0.305 e. The summed E-state index contributed by atoms with van der Waals surface area (Å²) >= 11 is 5.83. The van der Waals surface area contributed by atoms with E-state index in [0.29, 0.717) is 10.6 Å². The minimum Gasteiger partial charge on any atom is -0.481 e. The number of carboxylic acid groups (broad SMARTS) is 1. The van der Waals surface area contributed by atoms with Crippen LogP contribution in [0.3, 0.4) is 0 Å². The van der Waals surface area contributed by atoms with Gasteiger partial charge >= 0.3 is 5.97 Å². The molecule has 0 spiro atoms. The van der Waals surface area contributed by atoms with Crippen LogP contribution in [-0.2, 0) is 4.79 Å². The SMILES string of the molecule is NC(CC(=O)O)c1ccccc1Cl. The van der Waals surface area contributed by atoms with Crippen LogP contribution in [0.4, 0.5) is 0 Å². The van der Waals surface area contributed by atoms with Crippen LogP contribution in [0.15, 0.2) is 24.3 Å². The fourth-order valence-electron chi connectivity index (χ4n) is 1.07. The maximum atomic E-state index is 10.4. The molecule has 0 saturated heterocycles. The topological polar surface area (TPSA) is 63.3 Å². The van der Waals surface area contributed by atoms with E-state index >= 15 is 0 Å². The van der Waals surface area contributed by atoms with E-state index in [0.717, 1.165) is 0 Å². The Morgan fingerprint density at radius 3 is 2.69 bits per heavy atom. The highest BCUT2D eigenvalue weighted by atomic mass is 35.5. The fourth-order valence-corrected chi connectivity index (χ4v) is 1.35. The Labute approximate surface area is 81.1 Å². The van der Waals surface area contributed by atoms with Crippen molar-refractivity contribution in [2.24, 2.45) is 5.73 Å². The standard InChI is InChI=1S/C9H10ClNO2/c10-7-4-2-1-3-6(7)8(11)5-9(12)13/h1-4,8H,5,11H2,(H,12,13). The van der Waals surface area contributed by atoms with Crippen molar-refractivity contribution in [2.45, 2.75) is 12.5 Å². The van der Waals surface area contributed by atoms with E-state index in [1.807, 2.05) is 0 Å². The van der Waals surface area contributed by atoms with Gasteiger partial charge in [-0.15, -0.1) is 0 Å². The van der Waals surface area contributed by atoms with Crippen molar-refractivity contribution in [3.05, 3.63) is 34.9 Å². The van der Waals surface area contributed by atoms with Crippen LogP contribution in [0, 0.1) is 0 Å². The Hall–Kier alpha value is -1.06. The monoisotopic (exact) mass is 199 g/mol. The Morgan fingerprint density at radius 2 is 2.15 bits per heavy atom. The van der Waals surface area contributed by atoms with Crippen molar-refractivity contribution in [1.29, 1.82) is 0 Å². The summed E-state index contributed by atoms with van der Waals surface area (Å²) in [6, 6.07) is 6.45. The number of benzene rings is 1. The number of nitrogens with two attached hydrogens (primary N) is 1. The molecule has 1 aromatic rings. The maximum absolute atomic E-state index is 10.4. The second kappa shape index (κ2) is 4.25. The Morgan fingerprint density at radius 1 is 1.54 bits per heavy atom. The molecule has 0 bridgehead atoms. The molecule has 4 heteroatoms. The average molecular weight is 200 g/mol. The van der Waals surface area contributed by atoms with Crippen molar-refractivity contribution in [3.8, 4) is 0 Å². The highest BCUT2D eigenvalue weighted by molar-refractivity contribution is 6.31. The van der Waals surface area contributed by atoms with E-state index in [1.165, 1.54) is 0 Å². The van der Waals surface area contributed by atoms with Gasteiger partial charge in [-0.2, -0.15) is 0 Å². The van der Waals surface area contributed by atoms with Crippen molar-refractivity contribution in [1.82, 2.24) is 0 Å². The number of hydrogen-bond acceptors (Lipinski definition) is 2. The molecule has 0 aliphatic rings. The normalized spacial score (nSPS) is 12.5. The van der Waals surface area contributed by atoms with Crippen molar-refractivity contribution in [2.75, 3.05) is 0 Å². The molecule has 3 nitrogen and oxygen atoms in total. The molecular formula is C9H10ClNO2. The third-order valence-corrected chi connectivity index (χ3v) is 2.04. The molecule has 70 valence electrons. The first-order chi connectivity index (χ1) is 6.11. The number of carboxylic acids is 1. The minimum atomic E-state index is -0.924. The minimum absolute atomic E-state index is 0.107. The molecule has 0 fully saturated rings. The van der Waals surface area contributed by atoms with E-state index in [9.17, 15) is 4.79 Å². The lowest BCUT2D eigenvalue weighted by Gasteiger charge is -2.10. The molecular weight excluding hydrogens is 190 g/mol. The first-order valence-electron chi connectivity index (χ1n) is 3.83. The number of hydrogen-bond donors (Lipinski definition) is 2. The molecule has 0 radical (unpaired) electrons. The lowest BCUT2D eigenvalue weighted by atomic mass is 10.1. The average Bonchev–Trinajstić information content (AvgIpc) is 2.03. The highest BCUT2D eigenvalue weighted by Crippen LogP contribution is 2.22. The van der Waals surface area contributed by atoms with Crippen LogP contribution in [0.25, 0.3) is 0 Å². The van der Waals surface area contributed by atoms with E-state index in [-0.39, 0.29) is 6.42 Å². The molecule has 0 aliphatic heterocycles. The number of aliphatic carboxylic acids is 1. The Balaban J connectivity index is 2.82. The summed E-state index contributed by atoms with van der Waals surface area (Å²) < 4.78 is 0. The van der Waals surface area contributed by atoms with E-state index in [1.54, 1.807) is 24.3 Å². The summed E-state index contributed by atoms with van der Waals surface area (Å²) in [6.07, 6.45) is -0.107. The summed E-state index contributed by atoms with van der Waals surface area (Å²) in [5, 5.41) is 9.02. The predicted octanol–water partition coefficient (Wildman–Crippen LogP) is 1.81. The zero-order valence-corrected chi connectivity index (χ0v) is 7.66. The predicted molar refractivity (Wildman–Crippen MR) is 50.6 cm³/mol. The summed E-state index contributed by atoms with van der Waals surface area (Å²) in [4.78, 5) is 10.4. The van der Waals surface area contributed by atoms with Gasteiger partial charge in [-0.25, -0.2) is 0 Å². The van der Waals surface area contributed by atoms with Crippen LogP contribution >= 0.6 is 11.6 Å². The van der Waals surface area contributed by atoms with Crippen LogP contribution in [0.5, 0.6) is 0 Å². The summed E-state index contributed by atoms with van der Waals surface area (Å²) in [7, 11) is 0. The molecule has 3 N–H and O–H groups in total. The fraction of sp³-hybridized carbons (Fsp3) is 0.222. The molecule has 1 unspecified atom stereocenters. The maximum Gasteiger partial charge on any atom is 0.305 e. The molecule has 0 aromatic heterocycles. The zero-order chi connectivity index (χ0) is 9.84. The van der Waals surface area contributed by atoms with Gasteiger partial charge in [0.2, 0.25) is 0 Å². The number of halogens is 1. The van der Waals surface area contributed by atoms with Crippen LogP contribution in [0.1, 0.15) is 18.0 Å². The van der Waals surface area contributed by atoms with E-state index < -0.39 is 12.0 Å². The number of carbonyl (C=O) groups is 1. The quantitative estimate of drug-likeness (QED) is 0.781. The van der Waals surface area contributed by atoms with Gasteiger partial charge in [-0.3, -0.25) is 4.79 Å². The molecule has 0 saturated carbocycles. The second-order valence-corrected chi connectivity index (χ2v) is 3.13. The lowest BCUT2D eigenvalue weighted by Crippen LogP contribution is -2.15. The Bertz CT molecular complexity index is 314. The molecule has 1 rings (SSSR count). The van der Waals surface area contributed by atoms with E-state index in [4.69, 9.17) is 22.4 Å². The number of rotatable bonds is 3. The van der Waals surface area contributed by atoms with Crippen molar-refractivity contribution < 1.29 is 9.90 Å². The third kappa shape index (κ3) is 2.72. The molecule has 0 heterocycles. The lowest BCUT2D eigenvalue weighted by molar-refractivity contribution is -0.137. The van der Waals surface area contributed by atoms with Crippen molar-refractivity contribution >= 4 is 17.6 Å². The summed E-state index contributed by atoms with van der Waals surface area (Å²) in [5.74, 6) is -0.924. The highest BCUT2D eigenvalue weighted by Gasteiger charge is 2.12. The van der Waals surface area contributed by atoms with Gasteiger partial charge in [-0.1, -0.05) is 29.8 Å². The Kier molecular flexibility index (Phi) is 3.28. The third-order valence-electron chi connectivity index (χ3n) is 1.70. The van der Waals surface area contributed by atoms with Crippen LogP contribution in [-0.4, -0.2) is 11.1 Å². The second-order valence-electron chi connectivity index (χ2n) is 2.73. The molecule has 13 heavy (non-hydrogen) atoms. The van der Waals surface area contributed by atoms with Gasteiger partial charge < -0.3 is 10.8 Å². The van der Waals surface area contributed by atoms with Crippen LogP contribution < -0.4 is 5.73 Å². The molecule has 0 aliphatic carbocycles. The van der Waals surface area contributed by atoms with Gasteiger partial charge in [0.1, 0.15) is 0 Å². The van der Waals surface area contributed by atoms with Gasteiger partial charge in [0, 0.05) is 11.1 Å². The first kappa shape index (κ1) is 10.0. The van der Waals surface area contributed by atoms with Gasteiger partial charge in [-0.05, 0) is 11.6 Å². The molecule has 1 aromatic carbocycles.